The van der Waals surface area contributed by atoms with E-state index < -0.39 is 0 Å². The van der Waals surface area contributed by atoms with Crippen LogP contribution in [0.25, 0.3) is 0 Å². The van der Waals surface area contributed by atoms with Crippen LogP contribution in [0, 0.1) is 0 Å². The van der Waals surface area contributed by atoms with Crippen molar-refractivity contribution < 1.29 is 14.6 Å². The zero-order valence-electron chi connectivity index (χ0n) is 8.38. The maximum absolute atomic E-state index is 10.7. The number of hydrogen-bond acceptors (Lipinski definition) is 4. The molecule has 0 heterocycles. The molecule has 0 aromatic heterocycles. The van der Waals surface area contributed by atoms with Gasteiger partial charge in [0.05, 0.1) is 7.11 Å². The second-order valence-corrected chi connectivity index (χ2v) is 3.05. The summed E-state index contributed by atoms with van der Waals surface area (Å²) >= 11 is 0. The molecule has 0 radical (unpaired) electrons. The zero-order valence-corrected chi connectivity index (χ0v) is 8.38. The molecular weight excluding hydrogens is 170 g/mol. The maximum atomic E-state index is 10.7. The van der Waals surface area contributed by atoms with Crippen LogP contribution >= 0.6 is 0 Å². The van der Waals surface area contributed by atoms with Gasteiger partial charge in [-0.3, -0.25) is 4.79 Å². The summed E-state index contributed by atoms with van der Waals surface area (Å²) in [5.74, 6) is -0.170. The van der Waals surface area contributed by atoms with Crippen LogP contribution < -0.4 is 5.32 Å². The summed E-state index contributed by atoms with van der Waals surface area (Å²) in [6, 6.07) is 0.308. The van der Waals surface area contributed by atoms with Crippen molar-refractivity contribution in [2.45, 2.75) is 32.2 Å². The Morgan fingerprint density at radius 1 is 1.62 bits per heavy atom. The zero-order chi connectivity index (χ0) is 10.1. The van der Waals surface area contributed by atoms with Crippen LogP contribution in [-0.4, -0.2) is 37.4 Å². The number of ether oxygens (including phenoxy) is 1. The van der Waals surface area contributed by atoms with E-state index in [1.807, 2.05) is 6.92 Å². The van der Waals surface area contributed by atoms with Gasteiger partial charge in [0.15, 0.2) is 0 Å². The van der Waals surface area contributed by atoms with Crippen LogP contribution in [0.15, 0.2) is 0 Å². The number of hydrogen-bond donors (Lipinski definition) is 2. The van der Waals surface area contributed by atoms with E-state index in [9.17, 15) is 4.79 Å². The fourth-order valence-electron chi connectivity index (χ4n) is 0.979. The van der Waals surface area contributed by atoms with Crippen molar-refractivity contribution in [1.82, 2.24) is 5.32 Å². The van der Waals surface area contributed by atoms with Gasteiger partial charge in [0, 0.05) is 19.1 Å². The number of methoxy groups -OCH3 is 1. The van der Waals surface area contributed by atoms with Crippen LogP contribution in [0.2, 0.25) is 0 Å². The molecule has 0 aromatic carbocycles. The Balaban J connectivity index is 3.20. The van der Waals surface area contributed by atoms with Crippen molar-refractivity contribution in [3.63, 3.8) is 0 Å². The first-order chi connectivity index (χ1) is 6.20. The van der Waals surface area contributed by atoms with E-state index in [4.69, 9.17) is 5.11 Å². The molecule has 0 amide bonds. The Bertz CT molecular complexity index is 139. The molecule has 78 valence electrons. The summed E-state index contributed by atoms with van der Waals surface area (Å²) in [6.07, 6.45) is 1.98. The van der Waals surface area contributed by atoms with Gasteiger partial charge in [-0.05, 0) is 26.3 Å². The molecule has 13 heavy (non-hydrogen) atoms. The molecule has 0 bridgehead atoms. The molecule has 1 atom stereocenters. The molecule has 0 fully saturated rings. The van der Waals surface area contributed by atoms with E-state index in [1.165, 1.54) is 7.11 Å². The first-order valence-electron chi connectivity index (χ1n) is 4.61. The fourth-order valence-corrected chi connectivity index (χ4v) is 0.979. The Hall–Kier alpha value is -0.610. The van der Waals surface area contributed by atoms with Crippen molar-refractivity contribution in [3.05, 3.63) is 0 Å². The van der Waals surface area contributed by atoms with Crippen LogP contribution in [0.1, 0.15) is 26.2 Å². The van der Waals surface area contributed by atoms with Gasteiger partial charge in [0.2, 0.25) is 0 Å². The fraction of sp³-hybridized carbons (Fsp3) is 0.889. The van der Waals surface area contributed by atoms with Crippen LogP contribution in [-0.2, 0) is 9.53 Å². The summed E-state index contributed by atoms with van der Waals surface area (Å²) < 4.78 is 4.50. The van der Waals surface area contributed by atoms with Gasteiger partial charge < -0.3 is 15.2 Å². The van der Waals surface area contributed by atoms with E-state index in [0.717, 1.165) is 19.4 Å². The van der Waals surface area contributed by atoms with E-state index >= 15 is 0 Å². The molecule has 0 aliphatic rings. The second kappa shape index (κ2) is 8.01. The molecular formula is C9H19NO3. The molecule has 4 nitrogen and oxygen atoms in total. The van der Waals surface area contributed by atoms with E-state index in [0.29, 0.717) is 12.5 Å². The van der Waals surface area contributed by atoms with Gasteiger partial charge >= 0.3 is 5.97 Å². The molecule has 0 rings (SSSR count). The number of esters is 1. The minimum absolute atomic E-state index is 0.170. The molecule has 0 spiro atoms. The molecule has 2 N–H and O–H groups in total. The summed E-state index contributed by atoms with van der Waals surface area (Å²) in [5, 5.41) is 11.8. The third-order valence-electron chi connectivity index (χ3n) is 1.84. The van der Waals surface area contributed by atoms with Gasteiger partial charge in [-0.15, -0.1) is 0 Å². The lowest BCUT2D eigenvalue weighted by Crippen LogP contribution is -2.28. The standard InChI is InChI=1S/C9H19NO3/c1-8(5-7-11)10-6-3-4-9(12)13-2/h8,10-11H,3-7H2,1-2H3. The summed E-state index contributed by atoms with van der Waals surface area (Å²) in [4.78, 5) is 10.7. The number of carbonyl (C=O) groups excluding carboxylic acids is 1. The highest BCUT2D eigenvalue weighted by atomic mass is 16.5. The highest BCUT2D eigenvalue weighted by Gasteiger charge is 2.01. The van der Waals surface area contributed by atoms with Crippen molar-refractivity contribution in [2.75, 3.05) is 20.3 Å². The quantitative estimate of drug-likeness (QED) is 0.447. The monoisotopic (exact) mass is 189 g/mol. The van der Waals surface area contributed by atoms with Gasteiger partial charge in [0.25, 0.3) is 0 Å². The Morgan fingerprint density at radius 2 is 2.31 bits per heavy atom. The van der Waals surface area contributed by atoms with Gasteiger partial charge in [-0.25, -0.2) is 0 Å². The van der Waals surface area contributed by atoms with Crippen LogP contribution in [0.3, 0.4) is 0 Å². The summed E-state index contributed by atoms with van der Waals surface area (Å²) in [6.45, 7) is 3.00. The van der Waals surface area contributed by atoms with E-state index in [2.05, 4.69) is 10.1 Å². The highest BCUT2D eigenvalue weighted by molar-refractivity contribution is 5.69. The third-order valence-corrected chi connectivity index (χ3v) is 1.84. The van der Waals surface area contributed by atoms with Crippen molar-refractivity contribution >= 4 is 5.97 Å². The SMILES string of the molecule is COC(=O)CCCNC(C)CCO. The molecule has 0 aromatic rings. The molecule has 0 aliphatic heterocycles. The van der Waals surface area contributed by atoms with Crippen molar-refractivity contribution in [1.29, 1.82) is 0 Å². The van der Waals surface area contributed by atoms with Crippen LogP contribution in [0.5, 0.6) is 0 Å². The van der Waals surface area contributed by atoms with E-state index in [-0.39, 0.29) is 12.6 Å². The Morgan fingerprint density at radius 3 is 2.85 bits per heavy atom. The van der Waals surface area contributed by atoms with Gasteiger partial charge in [0.1, 0.15) is 0 Å². The van der Waals surface area contributed by atoms with Gasteiger partial charge in [-0.1, -0.05) is 0 Å². The number of carbonyl (C=O) groups is 1. The highest BCUT2D eigenvalue weighted by Crippen LogP contribution is 1.93. The Kier molecular flexibility index (Phi) is 7.63. The summed E-state index contributed by atoms with van der Waals surface area (Å²) in [5.41, 5.74) is 0. The lowest BCUT2D eigenvalue weighted by molar-refractivity contribution is -0.140. The predicted molar refractivity (Wildman–Crippen MR) is 50.4 cm³/mol. The first kappa shape index (κ1) is 12.4. The third kappa shape index (κ3) is 7.74. The normalized spacial score (nSPS) is 12.5. The molecule has 0 saturated heterocycles. The molecule has 4 heteroatoms. The first-order valence-corrected chi connectivity index (χ1v) is 4.61. The molecule has 0 aliphatic carbocycles. The van der Waals surface area contributed by atoms with Crippen LogP contribution in [0.4, 0.5) is 0 Å². The number of rotatable bonds is 7. The van der Waals surface area contributed by atoms with Gasteiger partial charge in [-0.2, -0.15) is 0 Å². The van der Waals surface area contributed by atoms with Crippen molar-refractivity contribution in [2.24, 2.45) is 0 Å². The number of aliphatic hydroxyl groups is 1. The maximum Gasteiger partial charge on any atom is 0.305 e. The second-order valence-electron chi connectivity index (χ2n) is 3.05. The average Bonchev–Trinajstić information content (AvgIpc) is 2.12. The largest absolute Gasteiger partial charge is 0.469 e. The number of aliphatic hydroxyl groups excluding tert-OH is 1. The summed E-state index contributed by atoms with van der Waals surface area (Å²) in [7, 11) is 1.39. The Labute approximate surface area is 79.3 Å². The lowest BCUT2D eigenvalue weighted by Gasteiger charge is -2.11. The minimum atomic E-state index is -0.170. The number of nitrogens with one attached hydrogen (secondary N) is 1. The topological polar surface area (TPSA) is 58.6 Å². The molecule has 1 unspecified atom stereocenters. The average molecular weight is 189 g/mol. The predicted octanol–water partition coefficient (Wildman–Crippen LogP) is 0.300. The van der Waals surface area contributed by atoms with E-state index in [1.54, 1.807) is 0 Å². The minimum Gasteiger partial charge on any atom is -0.469 e. The lowest BCUT2D eigenvalue weighted by atomic mass is 10.2. The van der Waals surface area contributed by atoms with Crippen molar-refractivity contribution in [3.8, 4) is 0 Å². The molecule has 0 saturated carbocycles. The smallest absolute Gasteiger partial charge is 0.305 e.